The van der Waals surface area contributed by atoms with Crippen molar-refractivity contribution in [1.82, 2.24) is 4.57 Å². The van der Waals surface area contributed by atoms with Gasteiger partial charge in [-0.1, -0.05) is 11.6 Å². The number of ether oxygens (including phenoxy) is 6. The van der Waals surface area contributed by atoms with Crippen LogP contribution in [-0.4, -0.2) is 72.0 Å². The van der Waals surface area contributed by atoms with Gasteiger partial charge in [-0.25, -0.2) is 4.79 Å². The predicted octanol–water partition coefficient (Wildman–Crippen LogP) is 1.92. The largest absolute Gasteiger partial charge is 0.463 e. The fraction of sp³-hybridized carbons (Fsp3) is 0.500. The molecule has 204 valence electrons. The highest BCUT2D eigenvalue weighted by molar-refractivity contribution is 6.00. The standard InChI is InChI=1S/C26H29NO11/c1-12-6-7-19-18(10-12)17-8-9-33-26(32)21(17)27(19)25-24(37-16(5)31)23(36-15(4)30)22(35-14(3)29)20(38-25)11-34-13(2)28/h6-7,10,20,22-25H,8-9,11H2,1-5H3/t20-,22+,23+,24-,25-/m1/s1. The molecule has 3 heterocycles. The maximum Gasteiger partial charge on any atom is 0.355 e. The van der Waals surface area contributed by atoms with E-state index in [1.165, 1.54) is 6.92 Å². The first kappa shape index (κ1) is 27.1. The summed E-state index contributed by atoms with van der Waals surface area (Å²) in [6, 6.07) is 5.57. The highest BCUT2D eigenvalue weighted by atomic mass is 16.7. The molecule has 0 amide bonds. The molecule has 1 fully saturated rings. The van der Waals surface area contributed by atoms with Gasteiger partial charge in [0.1, 0.15) is 18.4 Å². The number of carbonyl (C=O) groups is 5. The summed E-state index contributed by atoms with van der Waals surface area (Å²) in [5.41, 5.74) is 2.46. The summed E-state index contributed by atoms with van der Waals surface area (Å²) >= 11 is 0. The second-order valence-electron chi connectivity index (χ2n) is 9.19. The van der Waals surface area contributed by atoms with Crippen LogP contribution in [0, 0.1) is 6.92 Å². The molecule has 1 aromatic heterocycles. The number of hydrogen-bond acceptors (Lipinski definition) is 11. The van der Waals surface area contributed by atoms with Gasteiger partial charge in [-0.3, -0.25) is 19.2 Å². The molecule has 0 radical (unpaired) electrons. The zero-order chi connectivity index (χ0) is 27.7. The highest BCUT2D eigenvalue weighted by Crippen LogP contribution is 2.40. The van der Waals surface area contributed by atoms with Crippen LogP contribution in [0.4, 0.5) is 0 Å². The maximum absolute atomic E-state index is 13.1. The smallest absolute Gasteiger partial charge is 0.355 e. The fourth-order valence-electron chi connectivity index (χ4n) is 4.96. The number of benzene rings is 1. The molecular weight excluding hydrogens is 502 g/mol. The molecule has 2 aliphatic heterocycles. The van der Waals surface area contributed by atoms with Gasteiger partial charge in [-0.2, -0.15) is 0 Å². The lowest BCUT2D eigenvalue weighted by Crippen LogP contribution is -2.60. The van der Waals surface area contributed by atoms with Crippen molar-refractivity contribution in [3.8, 4) is 0 Å². The van der Waals surface area contributed by atoms with Gasteiger partial charge in [-0.15, -0.1) is 0 Å². The van der Waals surface area contributed by atoms with Gasteiger partial charge in [0.05, 0.1) is 12.1 Å². The number of hydrogen-bond donors (Lipinski definition) is 0. The summed E-state index contributed by atoms with van der Waals surface area (Å²) in [5.74, 6) is -3.43. The Labute approximate surface area is 218 Å². The third-order valence-corrected chi connectivity index (χ3v) is 6.26. The number of aromatic nitrogens is 1. The van der Waals surface area contributed by atoms with Crippen LogP contribution in [0.5, 0.6) is 0 Å². The van der Waals surface area contributed by atoms with Crippen molar-refractivity contribution in [3.05, 3.63) is 35.0 Å². The zero-order valence-corrected chi connectivity index (χ0v) is 21.7. The van der Waals surface area contributed by atoms with Gasteiger partial charge in [-0.05, 0) is 24.6 Å². The molecule has 5 atom stereocenters. The van der Waals surface area contributed by atoms with Crippen LogP contribution in [0.1, 0.15) is 55.5 Å². The van der Waals surface area contributed by atoms with Crippen molar-refractivity contribution in [3.63, 3.8) is 0 Å². The van der Waals surface area contributed by atoms with Crippen molar-refractivity contribution in [1.29, 1.82) is 0 Å². The lowest BCUT2D eigenvalue weighted by molar-refractivity contribution is -0.267. The second kappa shape index (κ2) is 10.8. The van der Waals surface area contributed by atoms with E-state index in [9.17, 15) is 24.0 Å². The molecule has 0 spiro atoms. The third-order valence-electron chi connectivity index (χ3n) is 6.26. The van der Waals surface area contributed by atoms with Crippen LogP contribution in [0.2, 0.25) is 0 Å². The average molecular weight is 532 g/mol. The van der Waals surface area contributed by atoms with E-state index in [0.29, 0.717) is 11.9 Å². The monoisotopic (exact) mass is 531 g/mol. The molecule has 1 saturated heterocycles. The van der Waals surface area contributed by atoms with E-state index in [4.69, 9.17) is 28.4 Å². The number of rotatable bonds is 6. The molecule has 0 bridgehead atoms. The molecule has 4 rings (SSSR count). The molecule has 1 aromatic carbocycles. The summed E-state index contributed by atoms with van der Waals surface area (Å²) in [5, 5.41) is 0.782. The lowest BCUT2D eigenvalue weighted by Gasteiger charge is -2.45. The summed E-state index contributed by atoms with van der Waals surface area (Å²) in [7, 11) is 0. The number of esters is 5. The van der Waals surface area contributed by atoms with Crippen LogP contribution in [0.3, 0.4) is 0 Å². The Morgan fingerprint density at radius 2 is 1.55 bits per heavy atom. The second-order valence-corrected chi connectivity index (χ2v) is 9.19. The molecule has 2 aliphatic rings. The number of aryl methyl sites for hydroxylation is 1. The third kappa shape index (κ3) is 5.35. The highest BCUT2D eigenvalue weighted by Gasteiger charge is 2.54. The van der Waals surface area contributed by atoms with Crippen LogP contribution in [-0.2, 0) is 54.0 Å². The Bertz CT molecular complexity index is 1300. The summed E-state index contributed by atoms with van der Waals surface area (Å²) in [6.07, 6.45) is -5.98. The minimum Gasteiger partial charge on any atom is -0.463 e. The number of carbonyl (C=O) groups excluding carboxylic acids is 5. The Morgan fingerprint density at radius 1 is 0.921 bits per heavy atom. The number of nitrogens with zero attached hydrogens (tertiary/aromatic N) is 1. The topological polar surface area (TPSA) is 146 Å². The molecule has 0 aliphatic carbocycles. The quantitative estimate of drug-likeness (QED) is 0.398. The summed E-state index contributed by atoms with van der Waals surface area (Å²) in [4.78, 5) is 61.1. The van der Waals surface area contributed by atoms with Gasteiger partial charge in [0.2, 0.25) is 0 Å². The van der Waals surface area contributed by atoms with Crippen LogP contribution in [0.15, 0.2) is 18.2 Å². The van der Waals surface area contributed by atoms with E-state index in [1.807, 2.05) is 19.1 Å². The van der Waals surface area contributed by atoms with Crippen molar-refractivity contribution < 1.29 is 52.4 Å². The predicted molar refractivity (Wildman–Crippen MR) is 128 cm³/mol. The normalized spacial score (nSPS) is 24.7. The molecule has 0 N–H and O–H groups in total. The summed E-state index contributed by atoms with van der Waals surface area (Å²) in [6.45, 7) is 6.38. The van der Waals surface area contributed by atoms with E-state index in [-0.39, 0.29) is 18.9 Å². The molecule has 12 nitrogen and oxygen atoms in total. The number of fused-ring (bicyclic) bond motifs is 3. The van der Waals surface area contributed by atoms with Crippen LogP contribution in [0.25, 0.3) is 10.9 Å². The first-order chi connectivity index (χ1) is 18.0. The molecule has 0 saturated carbocycles. The van der Waals surface area contributed by atoms with Gasteiger partial charge >= 0.3 is 29.8 Å². The van der Waals surface area contributed by atoms with E-state index < -0.39 is 60.5 Å². The van der Waals surface area contributed by atoms with Crippen molar-refractivity contribution in [2.75, 3.05) is 13.2 Å². The lowest BCUT2D eigenvalue weighted by atomic mass is 9.96. The van der Waals surface area contributed by atoms with Crippen LogP contribution < -0.4 is 0 Å². The van der Waals surface area contributed by atoms with E-state index in [0.717, 1.165) is 37.3 Å². The Hall–Kier alpha value is -3.93. The first-order valence-corrected chi connectivity index (χ1v) is 12.1. The molecule has 38 heavy (non-hydrogen) atoms. The van der Waals surface area contributed by atoms with Gasteiger partial charge < -0.3 is 33.0 Å². The van der Waals surface area contributed by atoms with Crippen molar-refractivity contribution >= 4 is 40.7 Å². The zero-order valence-electron chi connectivity index (χ0n) is 21.7. The van der Waals surface area contributed by atoms with Gasteiger partial charge in [0, 0.05) is 39.5 Å². The van der Waals surface area contributed by atoms with E-state index in [1.54, 1.807) is 10.6 Å². The molecule has 0 unspecified atom stereocenters. The molecule has 12 heteroatoms. The first-order valence-electron chi connectivity index (χ1n) is 12.1. The maximum atomic E-state index is 13.1. The van der Waals surface area contributed by atoms with Crippen molar-refractivity contribution in [2.24, 2.45) is 0 Å². The van der Waals surface area contributed by atoms with Crippen molar-refractivity contribution in [2.45, 2.75) is 71.7 Å². The van der Waals surface area contributed by atoms with E-state index >= 15 is 0 Å². The Balaban J connectivity index is 1.95. The van der Waals surface area contributed by atoms with Gasteiger partial charge in [0.15, 0.2) is 24.5 Å². The number of cyclic esters (lactones) is 1. The summed E-state index contributed by atoms with van der Waals surface area (Å²) < 4.78 is 34.9. The van der Waals surface area contributed by atoms with E-state index in [2.05, 4.69) is 0 Å². The minimum atomic E-state index is -1.36. The average Bonchev–Trinajstić information content (AvgIpc) is 3.14. The molecule has 2 aromatic rings. The molecular formula is C26H29NO11. The van der Waals surface area contributed by atoms with Crippen LogP contribution >= 0.6 is 0 Å². The SMILES string of the molecule is CC(=O)OC[C@H]1O[C@@H](n2c3c(c4cc(C)ccc42)CCOC3=O)[C@H](OC(C)=O)[C@@H](OC(C)=O)[C@H]1OC(C)=O. The fourth-order valence-corrected chi connectivity index (χ4v) is 4.96. The minimum absolute atomic E-state index is 0.192. The Kier molecular flexibility index (Phi) is 7.72. The Morgan fingerprint density at radius 3 is 2.18 bits per heavy atom. The van der Waals surface area contributed by atoms with Gasteiger partial charge in [0.25, 0.3) is 0 Å².